The molecule has 1 atom stereocenters. The molecule has 1 aromatic heterocycles. The highest BCUT2D eigenvalue weighted by Crippen LogP contribution is 2.17. The predicted octanol–water partition coefficient (Wildman–Crippen LogP) is 2.87. The molecule has 0 fully saturated rings. The number of hydrogen-bond donors (Lipinski definition) is 1. The third-order valence-corrected chi connectivity index (χ3v) is 3.46. The van der Waals surface area contributed by atoms with E-state index >= 15 is 0 Å². The maximum atomic E-state index is 12.6. The van der Waals surface area contributed by atoms with Gasteiger partial charge in [0.1, 0.15) is 5.82 Å². The Bertz CT molecular complexity index is 646. The van der Waals surface area contributed by atoms with Crippen molar-refractivity contribution in [2.75, 3.05) is 0 Å². The van der Waals surface area contributed by atoms with Crippen LogP contribution in [0.2, 0.25) is 0 Å². The summed E-state index contributed by atoms with van der Waals surface area (Å²) >= 11 is 0. The Balaban J connectivity index is 2.65. The molecule has 0 bridgehead atoms. The lowest BCUT2D eigenvalue weighted by Crippen LogP contribution is -2.34. The molecule has 0 amide bonds. The molecule has 1 N–H and O–H groups in total. The summed E-state index contributed by atoms with van der Waals surface area (Å²) in [5, 5.41) is 4.18. The van der Waals surface area contributed by atoms with Gasteiger partial charge in [-0.25, -0.2) is 4.98 Å². The van der Waals surface area contributed by atoms with Crippen molar-refractivity contribution in [2.24, 2.45) is 0 Å². The number of nitrogens with zero attached hydrogens (tertiary/aromatic N) is 2. The third-order valence-electron chi connectivity index (χ3n) is 3.46. The standard InChI is InChI=1S/C16H23N3O/c1-5-13(17-11(3)4)15-18-14-10-8-7-9-12(14)16(20)19(15)6-2/h7-11,13,17H,5-6H2,1-4H3/t13-/m0/s1. The van der Waals surface area contributed by atoms with Crippen LogP contribution in [0.3, 0.4) is 0 Å². The van der Waals surface area contributed by atoms with Crippen LogP contribution in [0.4, 0.5) is 0 Å². The van der Waals surface area contributed by atoms with Gasteiger partial charge in [0.2, 0.25) is 0 Å². The second kappa shape index (κ2) is 6.18. The average Bonchev–Trinajstić information content (AvgIpc) is 2.44. The SMILES string of the molecule is CC[C@H](NC(C)C)c1nc2ccccc2c(=O)n1CC. The van der Waals surface area contributed by atoms with E-state index in [0.29, 0.717) is 18.0 Å². The van der Waals surface area contributed by atoms with Crippen LogP contribution < -0.4 is 10.9 Å². The Hall–Kier alpha value is -1.68. The Kier molecular flexibility index (Phi) is 4.55. The van der Waals surface area contributed by atoms with Gasteiger partial charge >= 0.3 is 0 Å². The van der Waals surface area contributed by atoms with Gasteiger partial charge in [-0.1, -0.05) is 32.9 Å². The smallest absolute Gasteiger partial charge is 0.261 e. The maximum Gasteiger partial charge on any atom is 0.261 e. The Labute approximate surface area is 119 Å². The van der Waals surface area contributed by atoms with Gasteiger partial charge < -0.3 is 5.32 Å². The van der Waals surface area contributed by atoms with E-state index in [1.165, 1.54) is 0 Å². The number of hydrogen-bond acceptors (Lipinski definition) is 3. The minimum absolute atomic E-state index is 0.0529. The molecule has 20 heavy (non-hydrogen) atoms. The fraction of sp³-hybridized carbons (Fsp3) is 0.500. The third kappa shape index (κ3) is 2.75. The van der Waals surface area contributed by atoms with Crippen molar-refractivity contribution >= 4 is 10.9 Å². The lowest BCUT2D eigenvalue weighted by Gasteiger charge is -2.22. The summed E-state index contributed by atoms with van der Waals surface area (Å²) in [6.07, 6.45) is 0.906. The molecule has 2 rings (SSSR count). The second-order valence-electron chi connectivity index (χ2n) is 5.32. The largest absolute Gasteiger partial charge is 0.305 e. The molecule has 1 heterocycles. The minimum Gasteiger partial charge on any atom is -0.305 e. The lowest BCUT2D eigenvalue weighted by atomic mass is 10.1. The number of fused-ring (bicyclic) bond motifs is 1. The molecule has 0 aliphatic rings. The molecule has 108 valence electrons. The topological polar surface area (TPSA) is 46.9 Å². The highest BCUT2D eigenvalue weighted by atomic mass is 16.1. The van der Waals surface area contributed by atoms with Crippen molar-refractivity contribution in [1.82, 2.24) is 14.9 Å². The molecule has 1 aromatic carbocycles. The van der Waals surface area contributed by atoms with E-state index < -0.39 is 0 Å². The summed E-state index contributed by atoms with van der Waals surface area (Å²) in [4.78, 5) is 17.3. The van der Waals surface area contributed by atoms with Crippen molar-refractivity contribution in [2.45, 2.75) is 52.7 Å². The quantitative estimate of drug-likeness (QED) is 0.911. The van der Waals surface area contributed by atoms with E-state index in [2.05, 4.69) is 26.1 Å². The summed E-state index contributed by atoms with van der Waals surface area (Å²) in [5.74, 6) is 0.840. The number of rotatable bonds is 5. The maximum absolute atomic E-state index is 12.6. The van der Waals surface area contributed by atoms with Crippen LogP contribution in [0.25, 0.3) is 10.9 Å². The number of benzene rings is 1. The monoisotopic (exact) mass is 273 g/mol. The van der Waals surface area contributed by atoms with Crippen molar-refractivity contribution in [3.8, 4) is 0 Å². The fourth-order valence-electron chi connectivity index (χ4n) is 2.53. The molecule has 0 aliphatic heterocycles. The van der Waals surface area contributed by atoms with Crippen LogP contribution in [0.5, 0.6) is 0 Å². The van der Waals surface area contributed by atoms with Gasteiger partial charge in [-0.2, -0.15) is 0 Å². The normalized spacial score (nSPS) is 13.1. The first-order valence-electron chi connectivity index (χ1n) is 7.34. The van der Waals surface area contributed by atoms with Crippen molar-refractivity contribution in [3.05, 3.63) is 40.4 Å². The van der Waals surface area contributed by atoms with E-state index in [-0.39, 0.29) is 11.6 Å². The second-order valence-corrected chi connectivity index (χ2v) is 5.32. The van der Waals surface area contributed by atoms with E-state index in [1.54, 1.807) is 4.57 Å². The van der Waals surface area contributed by atoms with Crippen molar-refractivity contribution in [1.29, 1.82) is 0 Å². The van der Waals surface area contributed by atoms with E-state index in [9.17, 15) is 4.79 Å². The Morgan fingerprint density at radius 1 is 1.25 bits per heavy atom. The van der Waals surface area contributed by atoms with Gasteiger partial charge in [0.25, 0.3) is 5.56 Å². The van der Waals surface area contributed by atoms with Crippen LogP contribution in [-0.4, -0.2) is 15.6 Å². The molecular weight excluding hydrogens is 250 g/mol. The van der Waals surface area contributed by atoms with Gasteiger partial charge in [-0.05, 0) is 25.5 Å². The Morgan fingerprint density at radius 3 is 2.55 bits per heavy atom. The molecule has 0 saturated heterocycles. The lowest BCUT2D eigenvalue weighted by molar-refractivity contribution is 0.426. The average molecular weight is 273 g/mol. The molecule has 4 heteroatoms. The van der Waals surface area contributed by atoms with Gasteiger partial charge in [-0.15, -0.1) is 0 Å². The molecule has 0 spiro atoms. The summed E-state index contributed by atoms with van der Waals surface area (Å²) in [7, 11) is 0. The van der Waals surface area contributed by atoms with Crippen LogP contribution in [0, 0.1) is 0 Å². The molecule has 0 radical (unpaired) electrons. The fourth-order valence-corrected chi connectivity index (χ4v) is 2.53. The minimum atomic E-state index is 0.0529. The van der Waals surface area contributed by atoms with Gasteiger partial charge in [-0.3, -0.25) is 9.36 Å². The van der Waals surface area contributed by atoms with Gasteiger partial charge in [0.15, 0.2) is 0 Å². The van der Waals surface area contributed by atoms with Gasteiger partial charge in [0.05, 0.1) is 16.9 Å². The molecule has 4 nitrogen and oxygen atoms in total. The first kappa shape index (κ1) is 14.7. The van der Waals surface area contributed by atoms with Crippen LogP contribution >= 0.6 is 0 Å². The van der Waals surface area contributed by atoms with Crippen LogP contribution in [0.1, 0.15) is 46.0 Å². The molecule has 2 aromatic rings. The Morgan fingerprint density at radius 2 is 1.95 bits per heavy atom. The molecule has 0 saturated carbocycles. The predicted molar refractivity (Wildman–Crippen MR) is 83.0 cm³/mol. The summed E-state index contributed by atoms with van der Waals surface area (Å²) < 4.78 is 1.78. The first-order chi connectivity index (χ1) is 9.58. The zero-order valence-electron chi connectivity index (χ0n) is 12.7. The number of para-hydroxylation sites is 1. The number of nitrogens with one attached hydrogen (secondary N) is 1. The number of aromatic nitrogens is 2. The molecular formula is C16H23N3O. The van der Waals surface area contributed by atoms with Crippen LogP contribution in [0.15, 0.2) is 29.1 Å². The van der Waals surface area contributed by atoms with E-state index in [0.717, 1.165) is 17.8 Å². The van der Waals surface area contributed by atoms with Crippen molar-refractivity contribution < 1.29 is 0 Å². The zero-order valence-corrected chi connectivity index (χ0v) is 12.7. The van der Waals surface area contributed by atoms with Crippen LogP contribution in [-0.2, 0) is 6.54 Å². The molecule has 0 unspecified atom stereocenters. The zero-order chi connectivity index (χ0) is 14.7. The summed E-state index contributed by atoms with van der Waals surface area (Å²) in [6.45, 7) is 8.96. The summed E-state index contributed by atoms with van der Waals surface area (Å²) in [5.41, 5.74) is 0.832. The highest BCUT2D eigenvalue weighted by molar-refractivity contribution is 5.77. The summed E-state index contributed by atoms with van der Waals surface area (Å²) in [6, 6.07) is 8.01. The van der Waals surface area contributed by atoms with Gasteiger partial charge in [0, 0.05) is 12.6 Å². The molecule has 0 aliphatic carbocycles. The first-order valence-corrected chi connectivity index (χ1v) is 7.34. The van der Waals surface area contributed by atoms with E-state index in [4.69, 9.17) is 4.98 Å². The highest BCUT2D eigenvalue weighted by Gasteiger charge is 2.18. The van der Waals surface area contributed by atoms with E-state index in [1.807, 2.05) is 31.2 Å². The van der Waals surface area contributed by atoms with Crippen molar-refractivity contribution in [3.63, 3.8) is 0 Å².